The molecule has 0 saturated heterocycles. The summed E-state index contributed by atoms with van der Waals surface area (Å²) < 4.78 is 11.0. The second-order valence-corrected chi connectivity index (χ2v) is 6.13. The van der Waals surface area contributed by atoms with Gasteiger partial charge in [0.25, 0.3) is 5.91 Å². The molecule has 1 aromatic carbocycles. The van der Waals surface area contributed by atoms with E-state index in [9.17, 15) is 4.79 Å². The molecule has 0 radical (unpaired) electrons. The molecule has 126 valence electrons. The van der Waals surface area contributed by atoms with Crippen LogP contribution < -0.4 is 14.8 Å². The fourth-order valence-electron chi connectivity index (χ4n) is 3.02. The van der Waals surface area contributed by atoms with Gasteiger partial charge in [-0.2, -0.15) is 0 Å². The number of amides is 1. The van der Waals surface area contributed by atoms with E-state index in [0.29, 0.717) is 17.4 Å². The first-order chi connectivity index (χ1) is 11.1. The summed E-state index contributed by atoms with van der Waals surface area (Å²) >= 11 is 0. The Morgan fingerprint density at radius 3 is 2.78 bits per heavy atom. The monoisotopic (exact) mass is 317 g/mol. The number of hydrogen-bond donors (Lipinski definition) is 1. The van der Waals surface area contributed by atoms with E-state index in [-0.39, 0.29) is 18.6 Å². The maximum atomic E-state index is 12.1. The molecule has 1 aliphatic rings. The van der Waals surface area contributed by atoms with Crippen molar-refractivity contribution >= 4 is 12.0 Å². The number of benzene rings is 1. The minimum Gasteiger partial charge on any atom is -0.493 e. The van der Waals surface area contributed by atoms with Gasteiger partial charge in [0.15, 0.2) is 18.1 Å². The quantitative estimate of drug-likeness (QED) is 0.868. The lowest BCUT2D eigenvalue weighted by Crippen LogP contribution is -2.43. The number of nitrogens with one attached hydrogen (secondary N) is 1. The van der Waals surface area contributed by atoms with Crippen LogP contribution in [0.25, 0.3) is 6.08 Å². The largest absolute Gasteiger partial charge is 0.493 e. The number of ether oxygens (including phenoxy) is 2. The van der Waals surface area contributed by atoms with Crippen molar-refractivity contribution < 1.29 is 14.3 Å². The summed E-state index contributed by atoms with van der Waals surface area (Å²) in [6, 6.07) is 5.96. The smallest absolute Gasteiger partial charge is 0.258 e. The third-order valence-corrected chi connectivity index (χ3v) is 4.36. The van der Waals surface area contributed by atoms with Crippen LogP contribution in [0.2, 0.25) is 0 Å². The van der Waals surface area contributed by atoms with E-state index >= 15 is 0 Å². The van der Waals surface area contributed by atoms with Gasteiger partial charge in [0, 0.05) is 6.04 Å². The lowest BCUT2D eigenvalue weighted by atomic mass is 9.86. The van der Waals surface area contributed by atoms with Crippen molar-refractivity contribution in [3.05, 3.63) is 29.8 Å². The van der Waals surface area contributed by atoms with Gasteiger partial charge in [-0.3, -0.25) is 4.79 Å². The summed E-state index contributed by atoms with van der Waals surface area (Å²) in [6.45, 7) is 4.18. The van der Waals surface area contributed by atoms with Crippen LogP contribution in [0.3, 0.4) is 0 Å². The average Bonchev–Trinajstić information content (AvgIpc) is 2.56. The normalized spacial score (nSPS) is 21.2. The molecule has 0 unspecified atom stereocenters. The maximum absolute atomic E-state index is 12.1. The van der Waals surface area contributed by atoms with Crippen LogP contribution in [0.4, 0.5) is 0 Å². The minimum atomic E-state index is -0.0664. The molecule has 0 aromatic heterocycles. The predicted octanol–water partition coefficient (Wildman–Crippen LogP) is 3.80. The third-order valence-electron chi connectivity index (χ3n) is 4.36. The molecule has 1 aliphatic carbocycles. The molecule has 2 rings (SSSR count). The van der Waals surface area contributed by atoms with Crippen LogP contribution in [0.15, 0.2) is 24.3 Å². The number of carbonyl (C=O) groups excluding carboxylic acids is 1. The standard InChI is InChI=1S/C19H27NO3/c1-4-7-15-10-11-17(18(12-15)22-3)23-13-19(21)20-16-9-6-5-8-14(16)2/h4,7,10-12,14,16H,5-6,8-9,13H2,1-3H3,(H,20,21)/b7-4+/t14-,16+/m0/s1. The van der Waals surface area contributed by atoms with Gasteiger partial charge in [-0.15, -0.1) is 0 Å². The molecular formula is C19H27NO3. The Labute approximate surface area is 138 Å². The molecule has 0 spiro atoms. The number of rotatable bonds is 6. The number of methoxy groups -OCH3 is 1. The van der Waals surface area contributed by atoms with Crippen molar-refractivity contribution in [2.75, 3.05) is 13.7 Å². The van der Waals surface area contributed by atoms with E-state index in [1.165, 1.54) is 19.3 Å². The minimum absolute atomic E-state index is 0.0164. The highest BCUT2D eigenvalue weighted by molar-refractivity contribution is 5.78. The Bertz CT molecular complexity index is 554. The van der Waals surface area contributed by atoms with Crippen LogP contribution in [0.5, 0.6) is 11.5 Å². The van der Waals surface area contributed by atoms with E-state index in [4.69, 9.17) is 9.47 Å². The van der Waals surface area contributed by atoms with E-state index in [0.717, 1.165) is 12.0 Å². The molecule has 0 heterocycles. The highest BCUT2D eigenvalue weighted by Gasteiger charge is 2.22. The first-order valence-corrected chi connectivity index (χ1v) is 8.37. The molecule has 1 fully saturated rings. The van der Waals surface area contributed by atoms with Gasteiger partial charge in [0.05, 0.1) is 7.11 Å². The molecule has 1 aromatic rings. The summed E-state index contributed by atoms with van der Waals surface area (Å²) in [5, 5.41) is 3.09. The van der Waals surface area contributed by atoms with Crippen LogP contribution >= 0.6 is 0 Å². The van der Waals surface area contributed by atoms with Gasteiger partial charge in [-0.05, 0) is 43.4 Å². The van der Waals surface area contributed by atoms with Crippen molar-refractivity contribution in [2.24, 2.45) is 5.92 Å². The van der Waals surface area contributed by atoms with Crippen molar-refractivity contribution in [3.63, 3.8) is 0 Å². The first-order valence-electron chi connectivity index (χ1n) is 8.37. The molecular weight excluding hydrogens is 290 g/mol. The average molecular weight is 317 g/mol. The lowest BCUT2D eigenvalue weighted by molar-refractivity contribution is -0.124. The fraction of sp³-hybridized carbons (Fsp3) is 0.526. The van der Waals surface area contributed by atoms with Gasteiger partial charge in [0.2, 0.25) is 0 Å². The lowest BCUT2D eigenvalue weighted by Gasteiger charge is -2.29. The molecule has 1 amide bonds. The Morgan fingerprint density at radius 1 is 1.30 bits per heavy atom. The van der Waals surface area contributed by atoms with Gasteiger partial charge < -0.3 is 14.8 Å². The van der Waals surface area contributed by atoms with Gasteiger partial charge in [-0.1, -0.05) is 38.0 Å². The SMILES string of the molecule is C/C=C/c1ccc(OCC(=O)N[C@@H]2CCCC[C@@H]2C)c(OC)c1. The van der Waals surface area contributed by atoms with E-state index < -0.39 is 0 Å². The summed E-state index contributed by atoms with van der Waals surface area (Å²) in [7, 11) is 1.60. The topological polar surface area (TPSA) is 47.6 Å². The van der Waals surface area contributed by atoms with Crippen LogP contribution in [0.1, 0.15) is 45.1 Å². The maximum Gasteiger partial charge on any atom is 0.258 e. The zero-order chi connectivity index (χ0) is 16.7. The number of hydrogen-bond acceptors (Lipinski definition) is 3. The van der Waals surface area contributed by atoms with Gasteiger partial charge in [0.1, 0.15) is 0 Å². The van der Waals surface area contributed by atoms with Crippen molar-refractivity contribution in [1.29, 1.82) is 0 Å². The Morgan fingerprint density at radius 2 is 2.09 bits per heavy atom. The highest BCUT2D eigenvalue weighted by Crippen LogP contribution is 2.28. The molecule has 23 heavy (non-hydrogen) atoms. The summed E-state index contributed by atoms with van der Waals surface area (Å²) in [6.07, 6.45) is 8.66. The van der Waals surface area contributed by atoms with Crippen LogP contribution in [-0.4, -0.2) is 25.7 Å². The zero-order valence-corrected chi connectivity index (χ0v) is 14.3. The van der Waals surface area contributed by atoms with E-state index in [1.807, 2.05) is 37.3 Å². The van der Waals surface area contributed by atoms with Gasteiger partial charge >= 0.3 is 0 Å². The number of allylic oxidation sites excluding steroid dienone is 1. The van der Waals surface area contributed by atoms with Crippen LogP contribution in [0, 0.1) is 5.92 Å². The summed E-state index contributed by atoms with van der Waals surface area (Å²) in [5.74, 6) is 1.71. The van der Waals surface area contributed by atoms with Crippen LogP contribution in [-0.2, 0) is 4.79 Å². The first kappa shape index (κ1) is 17.4. The summed E-state index contributed by atoms with van der Waals surface area (Å²) in [4.78, 5) is 12.1. The molecule has 0 bridgehead atoms. The zero-order valence-electron chi connectivity index (χ0n) is 14.3. The van der Waals surface area contributed by atoms with E-state index in [1.54, 1.807) is 7.11 Å². The van der Waals surface area contributed by atoms with E-state index in [2.05, 4.69) is 12.2 Å². The molecule has 2 atom stereocenters. The van der Waals surface area contributed by atoms with Crippen molar-refractivity contribution in [2.45, 2.75) is 45.6 Å². The highest BCUT2D eigenvalue weighted by atomic mass is 16.5. The number of carbonyl (C=O) groups is 1. The Kier molecular flexibility index (Phi) is 6.51. The summed E-state index contributed by atoms with van der Waals surface area (Å²) in [5.41, 5.74) is 1.04. The third kappa shape index (κ3) is 5.02. The molecule has 1 N–H and O–H groups in total. The predicted molar refractivity (Wildman–Crippen MR) is 92.8 cm³/mol. The van der Waals surface area contributed by atoms with Gasteiger partial charge in [-0.25, -0.2) is 0 Å². The molecule has 1 saturated carbocycles. The molecule has 4 heteroatoms. The second kappa shape index (κ2) is 8.61. The molecule has 4 nitrogen and oxygen atoms in total. The molecule has 0 aliphatic heterocycles. The Hall–Kier alpha value is -1.97. The van der Waals surface area contributed by atoms with Crippen molar-refractivity contribution in [1.82, 2.24) is 5.32 Å². The Balaban J connectivity index is 1.90. The second-order valence-electron chi connectivity index (χ2n) is 6.13. The van der Waals surface area contributed by atoms with Crippen molar-refractivity contribution in [3.8, 4) is 11.5 Å². The fourth-order valence-corrected chi connectivity index (χ4v) is 3.02.